The molecule has 0 atom stereocenters. The fraction of sp³-hybridized carbons (Fsp3) is 0.231. The third-order valence-corrected chi connectivity index (χ3v) is 5.32. The molecule has 0 saturated heterocycles. The van der Waals surface area contributed by atoms with Crippen molar-refractivity contribution < 1.29 is 30.6 Å². The molecule has 0 aliphatic carbocycles. The predicted octanol–water partition coefficient (Wildman–Crippen LogP) is 1.43. The minimum Gasteiger partial charge on any atom is -0.506 e. The van der Waals surface area contributed by atoms with Gasteiger partial charge < -0.3 is 9.84 Å². The van der Waals surface area contributed by atoms with Crippen molar-refractivity contribution in [3.63, 3.8) is 0 Å². The third kappa shape index (κ3) is 3.54. The van der Waals surface area contributed by atoms with Crippen LogP contribution >= 0.6 is 0 Å². The predicted molar refractivity (Wildman–Crippen MR) is 82.0 cm³/mol. The molecule has 0 aliphatic rings. The topological polar surface area (TPSA) is 101 Å². The first kappa shape index (κ1) is 17.4. The molecule has 2 rings (SSSR count). The van der Waals surface area contributed by atoms with Crippen LogP contribution in [0.15, 0.2) is 35.2 Å². The normalized spacial score (nSPS) is 12.7. The summed E-state index contributed by atoms with van der Waals surface area (Å²) in [4.78, 5) is -0.301. The maximum atomic E-state index is 12.6. The van der Waals surface area contributed by atoms with Crippen LogP contribution in [0.4, 0.5) is 3.89 Å². The van der Waals surface area contributed by atoms with Crippen molar-refractivity contribution >= 4 is 31.0 Å². The second-order valence-corrected chi connectivity index (χ2v) is 8.29. The maximum Gasteiger partial charge on any atom is 0.337 e. The van der Waals surface area contributed by atoms with Crippen LogP contribution in [-0.4, -0.2) is 46.3 Å². The molecule has 0 aliphatic heterocycles. The average Bonchev–Trinajstić information content (AvgIpc) is 2.44. The smallest absolute Gasteiger partial charge is 0.337 e. The molecule has 0 aromatic heterocycles. The maximum absolute atomic E-state index is 12.6. The highest BCUT2D eigenvalue weighted by atomic mass is 32.3. The van der Waals surface area contributed by atoms with Gasteiger partial charge in [0.2, 0.25) is 16.0 Å². The molecule has 0 heterocycles. The Morgan fingerprint density at radius 2 is 1.74 bits per heavy atom. The molecule has 0 unspecified atom stereocenters. The largest absolute Gasteiger partial charge is 0.506 e. The zero-order chi connectivity index (χ0) is 17.4. The van der Waals surface area contributed by atoms with Crippen molar-refractivity contribution in [3.8, 4) is 11.5 Å². The van der Waals surface area contributed by atoms with Gasteiger partial charge in [-0.1, -0.05) is 12.1 Å². The number of aromatic hydroxyl groups is 1. The zero-order valence-electron chi connectivity index (χ0n) is 12.2. The number of rotatable bonds is 5. The van der Waals surface area contributed by atoms with E-state index in [1.54, 1.807) is 0 Å². The van der Waals surface area contributed by atoms with Crippen LogP contribution in [0.5, 0.6) is 11.5 Å². The van der Waals surface area contributed by atoms with Gasteiger partial charge in [0.05, 0.1) is 0 Å². The van der Waals surface area contributed by atoms with Crippen molar-refractivity contribution in [2.45, 2.75) is 4.90 Å². The van der Waals surface area contributed by atoms with Crippen LogP contribution in [-0.2, 0) is 20.2 Å². The molecular weight excluding hydrogens is 349 g/mol. The number of sulfonamides is 1. The van der Waals surface area contributed by atoms with E-state index < -0.39 is 31.9 Å². The summed E-state index contributed by atoms with van der Waals surface area (Å²) in [6, 6.07) is 6.77. The molecule has 0 radical (unpaired) electrons. The number of nitrogens with zero attached hydrogens (tertiary/aromatic N) is 1. The Labute approximate surface area is 133 Å². The van der Waals surface area contributed by atoms with Crippen molar-refractivity contribution in [1.29, 1.82) is 0 Å². The van der Waals surface area contributed by atoms with E-state index in [1.807, 2.05) is 0 Å². The molecule has 1 N–H and O–H groups in total. The lowest BCUT2D eigenvalue weighted by molar-refractivity contribution is 0.371. The van der Waals surface area contributed by atoms with Crippen LogP contribution in [0.25, 0.3) is 10.8 Å². The Kier molecular flexibility index (Phi) is 4.51. The lowest BCUT2D eigenvalue weighted by Gasteiger charge is -2.15. The van der Waals surface area contributed by atoms with Gasteiger partial charge in [0, 0.05) is 24.9 Å². The molecule has 23 heavy (non-hydrogen) atoms. The second-order valence-electron chi connectivity index (χ2n) is 4.85. The van der Waals surface area contributed by atoms with Gasteiger partial charge in [0.15, 0.2) is 0 Å². The first-order chi connectivity index (χ1) is 10.5. The fourth-order valence-electron chi connectivity index (χ4n) is 1.96. The number of ether oxygens (including phenoxy) is 1. The summed E-state index contributed by atoms with van der Waals surface area (Å²) in [5, 5.41) is 10.6. The van der Waals surface area contributed by atoms with Gasteiger partial charge >= 0.3 is 10.2 Å². The quantitative estimate of drug-likeness (QED) is 0.807. The van der Waals surface area contributed by atoms with E-state index in [2.05, 4.69) is 0 Å². The van der Waals surface area contributed by atoms with Gasteiger partial charge in [0.1, 0.15) is 16.4 Å². The summed E-state index contributed by atoms with van der Waals surface area (Å²) in [5.41, 5.74) is 0. The van der Waals surface area contributed by atoms with Crippen LogP contribution < -0.4 is 4.74 Å². The van der Waals surface area contributed by atoms with Crippen molar-refractivity contribution in [2.24, 2.45) is 0 Å². The third-order valence-electron chi connectivity index (χ3n) is 3.07. The molecule has 0 amide bonds. The van der Waals surface area contributed by atoms with E-state index in [4.69, 9.17) is 4.74 Å². The number of fused-ring (bicyclic) bond motifs is 1. The minimum absolute atomic E-state index is 0.00725. The molecule has 7 nitrogen and oxygen atoms in total. The molecule has 2 aromatic carbocycles. The molecule has 0 saturated carbocycles. The Morgan fingerprint density at radius 3 is 2.30 bits per heavy atom. The highest BCUT2D eigenvalue weighted by Crippen LogP contribution is 2.37. The number of phenols is 1. The number of benzene rings is 2. The van der Waals surface area contributed by atoms with Gasteiger partial charge in [-0.05, 0) is 18.2 Å². The number of halogens is 1. The Bertz CT molecular complexity index is 954. The van der Waals surface area contributed by atoms with Crippen LogP contribution in [0.2, 0.25) is 0 Å². The van der Waals surface area contributed by atoms with E-state index in [-0.39, 0.29) is 21.4 Å². The van der Waals surface area contributed by atoms with Gasteiger partial charge in [0.25, 0.3) is 0 Å². The highest BCUT2D eigenvalue weighted by molar-refractivity contribution is 7.89. The lowest BCUT2D eigenvalue weighted by atomic mass is 10.1. The Balaban J connectivity index is 2.60. The summed E-state index contributed by atoms with van der Waals surface area (Å²) in [5.74, 6) is -1.66. The molecule has 126 valence electrons. The van der Waals surface area contributed by atoms with Gasteiger partial charge in [-0.3, -0.25) is 0 Å². The van der Waals surface area contributed by atoms with E-state index >= 15 is 0 Å². The van der Waals surface area contributed by atoms with E-state index in [1.165, 1.54) is 44.4 Å². The molecule has 0 spiro atoms. The minimum atomic E-state index is -4.83. The van der Waals surface area contributed by atoms with Gasteiger partial charge in [-0.15, -0.1) is 3.89 Å². The molecule has 2 aromatic rings. The summed E-state index contributed by atoms with van der Waals surface area (Å²) >= 11 is 0. The van der Waals surface area contributed by atoms with Crippen molar-refractivity contribution in [3.05, 3.63) is 30.3 Å². The number of hydrogen-bond acceptors (Lipinski definition) is 6. The number of hydrogen-bond donors (Lipinski definition) is 1. The fourth-order valence-corrected chi connectivity index (χ4v) is 3.21. The van der Waals surface area contributed by atoms with Gasteiger partial charge in [-0.2, -0.15) is 8.42 Å². The van der Waals surface area contributed by atoms with Crippen LogP contribution in [0.1, 0.15) is 0 Å². The van der Waals surface area contributed by atoms with E-state index in [0.29, 0.717) is 0 Å². The lowest BCUT2D eigenvalue weighted by Crippen LogP contribution is -2.22. The zero-order valence-corrected chi connectivity index (χ0v) is 13.9. The van der Waals surface area contributed by atoms with Crippen molar-refractivity contribution in [1.82, 2.24) is 4.31 Å². The number of phenolic OH excluding ortho intramolecular Hbond substituents is 1. The summed E-state index contributed by atoms with van der Waals surface area (Å²) in [6.45, 7) is 0. The van der Waals surface area contributed by atoms with Crippen LogP contribution in [0.3, 0.4) is 0 Å². The van der Waals surface area contributed by atoms with Crippen LogP contribution in [0, 0.1) is 0 Å². The first-order valence-corrected chi connectivity index (χ1v) is 9.25. The van der Waals surface area contributed by atoms with E-state index in [0.717, 1.165) is 4.31 Å². The molecule has 10 heteroatoms. The SMILES string of the molecule is CN(C)S(=O)(=O)c1ccc2c(OCS(=O)(=O)F)cccc2c1O. The summed E-state index contributed by atoms with van der Waals surface area (Å²) < 4.78 is 63.8. The monoisotopic (exact) mass is 363 g/mol. The first-order valence-electron chi connectivity index (χ1n) is 6.26. The summed E-state index contributed by atoms with van der Waals surface area (Å²) in [7, 11) is -6.04. The average molecular weight is 363 g/mol. The van der Waals surface area contributed by atoms with Crippen molar-refractivity contribution in [2.75, 3.05) is 20.0 Å². The highest BCUT2D eigenvalue weighted by Gasteiger charge is 2.23. The standard InChI is InChI=1S/C13H14FNO6S2/c1-15(2)23(19,20)12-7-6-9-10(13(12)16)4-3-5-11(9)21-8-22(14,17)18/h3-7,16H,8H2,1-2H3. The molecule has 0 bridgehead atoms. The van der Waals surface area contributed by atoms with E-state index in [9.17, 15) is 25.8 Å². The Morgan fingerprint density at radius 1 is 1.09 bits per heavy atom. The Hall–Kier alpha value is -1.91. The molecule has 0 fully saturated rings. The summed E-state index contributed by atoms with van der Waals surface area (Å²) in [6.07, 6.45) is 0. The molecular formula is C13H14FNO6S2. The van der Waals surface area contributed by atoms with Gasteiger partial charge in [-0.25, -0.2) is 12.7 Å². The second kappa shape index (κ2) is 5.95.